The molecule has 0 saturated carbocycles. The van der Waals surface area contributed by atoms with Crippen LogP contribution in [-0.4, -0.2) is 17.6 Å². The van der Waals surface area contributed by atoms with E-state index in [2.05, 4.69) is 28.7 Å². The van der Waals surface area contributed by atoms with Crippen LogP contribution in [0, 0.1) is 0 Å². The number of carbonyl (C=O) groups is 1. The van der Waals surface area contributed by atoms with Crippen LogP contribution in [0.1, 0.15) is 18.1 Å². The number of esters is 1. The molecule has 1 aliphatic heterocycles. The molecule has 1 N–H and O–H groups in total. The van der Waals surface area contributed by atoms with E-state index in [4.69, 9.17) is 4.74 Å². The number of nitrogens with one attached hydrogen (secondary N) is 1. The van der Waals surface area contributed by atoms with Crippen molar-refractivity contribution in [3.05, 3.63) is 83.9 Å². The zero-order valence-corrected chi connectivity index (χ0v) is 15.1. The number of carbonyl (C=O) groups excluding carboxylic acids is 1. The molecule has 0 aliphatic carbocycles. The largest absolute Gasteiger partial charge is 0.463 e. The smallest absolute Gasteiger partial charge is 0.349 e. The fraction of sp³-hybridized carbons (Fsp3) is 0.143. The van der Waals surface area contributed by atoms with E-state index >= 15 is 0 Å². The molecule has 130 valence electrons. The number of fused-ring (bicyclic) bond motifs is 1. The maximum atomic E-state index is 12.8. The third kappa shape index (κ3) is 2.74. The lowest BCUT2D eigenvalue weighted by Crippen LogP contribution is -2.42. The van der Waals surface area contributed by atoms with Crippen molar-refractivity contribution in [3.63, 3.8) is 0 Å². The van der Waals surface area contributed by atoms with Crippen molar-refractivity contribution in [2.75, 3.05) is 6.61 Å². The summed E-state index contributed by atoms with van der Waals surface area (Å²) in [4.78, 5) is 11.8. The fourth-order valence-electron chi connectivity index (χ4n) is 3.08. The summed E-state index contributed by atoms with van der Waals surface area (Å²) in [5.41, 5.74) is 4.88. The number of hydrogen-bond acceptors (Lipinski definition) is 5. The predicted molar refractivity (Wildman–Crippen MR) is 106 cm³/mol. The van der Waals surface area contributed by atoms with Crippen molar-refractivity contribution in [2.24, 2.45) is 5.10 Å². The second-order valence-corrected chi connectivity index (χ2v) is 7.13. The molecule has 0 saturated heterocycles. The number of rotatable bonds is 4. The Morgan fingerprint density at radius 1 is 1.04 bits per heavy atom. The Morgan fingerprint density at radius 2 is 1.77 bits per heavy atom. The van der Waals surface area contributed by atoms with Gasteiger partial charge in [0, 0.05) is 11.1 Å². The Hall–Kier alpha value is -2.79. The number of hydrogen-bond donors (Lipinski definition) is 1. The molecule has 0 fully saturated rings. The van der Waals surface area contributed by atoms with Crippen molar-refractivity contribution in [3.8, 4) is 0 Å². The Bertz CT molecular complexity index is 982. The van der Waals surface area contributed by atoms with Crippen LogP contribution in [0.25, 0.3) is 10.8 Å². The van der Waals surface area contributed by atoms with Gasteiger partial charge in [0.15, 0.2) is 0 Å². The molecule has 1 aliphatic rings. The van der Waals surface area contributed by atoms with Crippen molar-refractivity contribution in [1.82, 2.24) is 5.43 Å². The van der Waals surface area contributed by atoms with Crippen molar-refractivity contribution in [2.45, 2.75) is 11.8 Å². The van der Waals surface area contributed by atoms with Gasteiger partial charge in [0.2, 0.25) is 4.87 Å². The molecule has 4 rings (SSSR count). The molecule has 1 heterocycles. The normalized spacial score (nSPS) is 19.0. The molecule has 26 heavy (non-hydrogen) atoms. The number of benzene rings is 3. The minimum atomic E-state index is -1.07. The lowest BCUT2D eigenvalue weighted by atomic mass is 10.1. The summed E-state index contributed by atoms with van der Waals surface area (Å²) in [6, 6.07) is 23.9. The fourth-order valence-corrected chi connectivity index (χ4v) is 4.24. The number of ether oxygens (including phenoxy) is 1. The van der Waals surface area contributed by atoms with Crippen LogP contribution in [0.4, 0.5) is 0 Å². The minimum Gasteiger partial charge on any atom is -0.463 e. The summed E-state index contributed by atoms with van der Waals surface area (Å²) in [6.45, 7) is 2.13. The quantitative estimate of drug-likeness (QED) is 0.705. The summed E-state index contributed by atoms with van der Waals surface area (Å²) >= 11 is 1.39. The molecule has 3 aromatic carbocycles. The minimum absolute atomic E-state index is 0.319. The monoisotopic (exact) mass is 362 g/mol. The Labute approximate surface area is 156 Å². The van der Waals surface area contributed by atoms with E-state index in [0.29, 0.717) is 6.61 Å². The molecule has 0 aromatic heterocycles. The van der Waals surface area contributed by atoms with E-state index in [-0.39, 0.29) is 5.97 Å². The summed E-state index contributed by atoms with van der Waals surface area (Å²) < 4.78 is 5.36. The lowest BCUT2D eigenvalue weighted by molar-refractivity contribution is -0.147. The third-order valence-corrected chi connectivity index (χ3v) is 5.63. The first-order chi connectivity index (χ1) is 12.7. The van der Waals surface area contributed by atoms with Gasteiger partial charge in [-0.15, -0.1) is 0 Å². The third-order valence-electron chi connectivity index (χ3n) is 4.33. The summed E-state index contributed by atoms with van der Waals surface area (Å²) in [6.07, 6.45) is 0. The van der Waals surface area contributed by atoms with Gasteiger partial charge in [0.1, 0.15) is 5.04 Å². The first kappa shape index (κ1) is 16.7. The van der Waals surface area contributed by atoms with Gasteiger partial charge in [-0.1, -0.05) is 84.6 Å². The van der Waals surface area contributed by atoms with Gasteiger partial charge >= 0.3 is 5.97 Å². The molecule has 0 bridgehead atoms. The van der Waals surface area contributed by atoms with Crippen molar-refractivity contribution in [1.29, 1.82) is 0 Å². The SMILES string of the molecule is CCOC(=O)[C@]1(c2ccccc2)NN=C(c2cccc3ccccc23)S1. The predicted octanol–water partition coefficient (Wildman–Crippen LogP) is 4.25. The van der Waals surface area contributed by atoms with Crippen molar-refractivity contribution < 1.29 is 9.53 Å². The molecule has 0 spiro atoms. The van der Waals surface area contributed by atoms with Crippen LogP contribution in [0.15, 0.2) is 77.9 Å². The van der Waals surface area contributed by atoms with Crippen LogP contribution in [-0.2, 0) is 14.4 Å². The molecule has 5 heteroatoms. The van der Waals surface area contributed by atoms with Crippen LogP contribution in [0.3, 0.4) is 0 Å². The molecule has 0 amide bonds. The van der Waals surface area contributed by atoms with Crippen LogP contribution < -0.4 is 5.43 Å². The highest BCUT2D eigenvalue weighted by molar-refractivity contribution is 8.16. The van der Waals surface area contributed by atoms with Gasteiger partial charge in [-0.2, -0.15) is 5.10 Å². The van der Waals surface area contributed by atoms with Gasteiger partial charge in [-0.05, 0) is 17.7 Å². The molecule has 1 atom stereocenters. The highest BCUT2D eigenvalue weighted by Gasteiger charge is 2.48. The molecular weight excluding hydrogens is 344 g/mol. The van der Waals surface area contributed by atoms with Crippen LogP contribution in [0.5, 0.6) is 0 Å². The number of thioether (sulfide) groups is 1. The van der Waals surface area contributed by atoms with E-state index in [1.165, 1.54) is 11.8 Å². The Kier molecular flexibility index (Phi) is 4.39. The van der Waals surface area contributed by atoms with E-state index in [9.17, 15) is 4.79 Å². The van der Waals surface area contributed by atoms with E-state index in [1.54, 1.807) is 0 Å². The second kappa shape index (κ2) is 6.84. The van der Waals surface area contributed by atoms with Crippen molar-refractivity contribution >= 4 is 33.5 Å². The highest BCUT2D eigenvalue weighted by atomic mass is 32.2. The second-order valence-electron chi connectivity index (χ2n) is 5.93. The van der Waals surface area contributed by atoms with Crippen LogP contribution in [0.2, 0.25) is 0 Å². The molecule has 3 aromatic rings. The first-order valence-electron chi connectivity index (χ1n) is 8.49. The highest BCUT2D eigenvalue weighted by Crippen LogP contribution is 2.42. The van der Waals surface area contributed by atoms with E-state index in [0.717, 1.165) is 26.9 Å². The van der Waals surface area contributed by atoms with E-state index in [1.807, 2.05) is 61.5 Å². The standard InChI is InChI=1S/C21H18N2O2S/c1-2-25-20(24)21(16-11-4-3-5-12-16)23-22-19(26-21)18-14-8-10-15-9-6-7-13-17(15)18/h3-14,23H,2H2,1H3/t21-/m1/s1. The Balaban J connectivity index is 1.77. The zero-order chi connectivity index (χ0) is 18.0. The molecule has 4 nitrogen and oxygen atoms in total. The molecule has 0 radical (unpaired) electrons. The van der Waals surface area contributed by atoms with Gasteiger partial charge < -0.3 is 4.74 Å². The van der Waals surface area contributed by atoms with Gasteiger partial charge in [0.25, 0.3) is 0 Å². The number of hydrazone groups is 1. The number of nitrogens with zero attached hydrogens (tertiary/aromatic N) is 1. The Morgan fingerprint density at radius 3 is 2.58 bits per heavy atom. The maximum absolute atomic E-state index is 12.8. The van der Waals surface area contributed by atoms with Gasteiger partial charge in [0.05, 0.1) is 6.61 Å². The summed E-state index contributed by atoms with van der Waals surface area (Å²) in [5.74, 6) is -0.338. The summed E-state index contributed by atoms with van der Waals surface area (Å²) in [7, 11) is 0. The van der Waals surface area contributed by atoms with Gasteiger partial charge in [-0.3, -0.25) is 5.43 Å². The van der Waals surface area contributed by atoms with Gasteiger partial charge in [-0.25, -0.2) is 4.79 Å². The maximum Gasteiger partial charge on any atom is 0.349 e. The first-order valence-corrected chi connectivity index (χ1v) is 9.31. The topological polar surface area (TPSA) is 50.7 Å². The molecular formula is C21H18N2O2S. The lowest BCUT2D eigenvalue weighted by Gasteiger charge is -2.25. The zero-order valence-electron chi connectivity index (χ0n) is 14.3. The summed E-state index contributed by atoms with van der Waals surface area (Å²) in [5, 5.41) is 7.54. The van der Waals surface area contributed by atoms with E-state index < -0.39 is 4.87 Å². The van der Waals surface area contributed by atoms with Crippen LogP contribution >= 0.6 is 11.8 Å². The molecule has 0 unspecified atom stereocenters. The average molecular weight is 362 g/mol. The average Bonchev–Trinajstić information content (AvgIpc) is 3.15.